The molecule has 4 heteroatoms. The molecule has 0 aromatic rings. The summed E-state index contributed by atoms with van der Waals surface area (Å²) in [5.74, 6) is 0.112. The van der Waals surface area contributed by atoms with E-state index in [9.17, 15) is 4.79 Å². The van der Waals surface area contributed by atoms with E-state index in [0.717, 1.165) is 52.0 Å². The van der Waals surface area contributed by atoms with Gasteiger partial charge < -0.3 is 15.5 Å². The SMILES string of the molecule is CCCCNC(=O)CNCCCN(CC)CC. The maximum atomic E-state index is 11.3. The lowest BCUT2D eigenvalue weighted by Crippen LogP contribution is -2.35. The molecule has 0 aromatic heterocycles. The molecule has 0 rings (SSSR count). The molecule has 0 aliphatic rings. The lowest BCUT2D eigenvalue weighted by molar-refractivity contribution is -0.120. The number of hydrogen-bond donors (Lipinski definition) is 2. The van der Waals surface area contributed by atoms with E-state index >= 15 is 0 Å². The number of amides is 1. The standard InChI is InChI=1S/C13H29N3O/c1-4-7-10-15-13(17)12-14-9-8-11-16(5-2)6-3/h14H,4-12H2,1-3H3,(H,15,17). The molecule has 1 amide bonds. The molecule has 0 spiro atoms. The highest BCUT2D eigenvalue weighted by atomic mass is 16.1. The van der Waals surface area contributed by atoms with E-state index in [2.05, 4.69) is 36.3 Å². The molecule has 0 aromatic carbocycles. The maximum Gasteiger partial charge on any atom is 0.233 e. The van der Waals surface area contributed by atoms with Gasteiger partial charge in [0, 0.05) is 6.54 Å². The summed E-state index contributed by atoms with van der Waals surface area (Å²) in [6.45, 7) is 12.0. The summed E-state index contributed by atoms with van der Waals surface area (Å²) >= 11 is 0. The molecule has 0 aliphatic carbocycles. The van der Waals surface area contributed by atoms with Crippen molar-refractivity contribution < 1.29 is 4.79 Å². The van der Waals surface area contributed by atoms with E-state index in [4.69, 9.17) is 0 Å². The Kier molecular flexibility index (Phi) is 11.4. The van der Waals surface area contributed by atoms with Crippen LogP contribution >= 0.6 is 0 Å². The van der Waals surface area contributed by atoms with Crippen molar-refractivity contribution in [2.45, 2.75) is 40.0 Å². The Bertz CT molecular complexity index is 182. The third-order valence-corrected chi connectivity index (χ3v) is 2.86. The lowest BCUT2D eigenvalue weighted by Gasteiger charge is -2.17. The van der Waals surface area contributed by atoms with Crippen LogP contribution in [0.4, 0.5) is 0 Å². The Morgan fingerprint density at radius 1 is 1.06 bits per heavy atom. The second-order valence-corrected chi connectivity index (χ2v) is 4.26. The zero-order chi connectivity index (χ0) is 12.9. The van der Waals surface area contributed by atoms with E-state index in [0.29, 0.717) is 6.54 Å². The summed E-state index contributed by atoms with van der Waals surface area (Å²) in [4.78, 5) is 13.7. The fourth-order valence-electron chi connectivity index (χ4n) is 1.64. The van der Waals surface area contributed by atoms with Gasteiger partial charge in [-0.1, -0.05) is 27.2 Å². The first-order chi connectivity index (χ1) is 8.24. The zero-order valence-electron chi connectivity index (χ0n) is 11.7. The first kappa shape index (κ1) is 16.4. The second-order valence-electron chi connectivity index (χ2n) is 4.26. The number of hydrogen-bond acceptors (Lipinski definition) is 3. The highest BCUT2D eigenvalue weighted by molar-refractivity contribution is 5.77. The van der Waals surface area contributed by atoms with Gasteiger partial charge in [0.25, 0.3) is 0 Å². The van der Waals surface area contributed by atoms with Crippen molar-refractivity contribution >= 4 is 5.91 Å². The third-order valence-electron chi connectivity index (χ3n) is 2.86. The Morgan fingerprint density at radius 3 is 2.35 bits per heavy atom. The Balaban J connectivity index is 3.29. The molecule has 4 nitrogen and oxygen atoms in total. The van der Waals surface area contributed by atoms with Gasteiger partial charge in [-0.25, -0.2) is 0 Å². The topological polar surface area (TPSA) is 44.4 Å². The Hall–Kier alpha value is -0.610. The molecule has 0 saturated carbocycles. The second kappa shape index (κ2) is 11.9. The van der Waals surface area contributed by atoms with Crippen molar-refractivity contribution in [3.05, 3.63) is 0 Å². The Labute approximate surface area is 106 Å². The van der Waals surface area contributed by atoms with E-state index in [-0.39, 0.29) is 5.91 Å². The zero-order valence-corrected chi connectivity index (χ0v) is 11.7. The van der Waals surface area contributed by atoms with E-state index < -0.39 is 0 Å². The molecule has 0 bridgehead atoms. The predicted molar refractivity (Wildman–Crippen MR) is 73.2 cm³/mol. The monoisotopic (exact) mass is 243 g/mol. The van der Waals surface area contributed by atoms with Crippen LogP contribution in [0.15, 0.2) is 0 Å². The van der Waals surface area contributed by atoms with Crippen LogP contribution in [0.5, 0.6) is 0 Å². The van der Waals surface area contributed by atoms with Gasteiger partial charge >= 0.3 is 0 Å². The van der Waals surface area contributed by atoms with Crippen molar-refractivity contribution in [1.82, 2.24) is 15.5 Å². The third kappa shape index (κ3) is 10.3. The first-order valence-corrected chi connectivity index (χ1v) is 6.94. The number of carbonyl (C=O) groups excluding carboxylic acids is 1. The van der Waals surface area contributed by atoms with Crippen LogP contribution in [-0.2, 0) is 4.79 Å². The van der Waals surface area contributed by atoms with Gasteiger partial charge in [0.15, 0.2) is 0 Å². The number of carbonyl (C=O) groups is 1. The molecule has 2 N–H and O–H groups in total. The lowest BCUT2D eigenvalue weighted by atomic mass is 10.3. The van der Waals surface area contributed by atoms with Crippen LogP contribution in [0, 0.1) is 0 Å². The summed E-state index contributed by atoms with van der Waals surface area (Å²) in [6.07, 6.45) is 3.29. The Morgan fingerprint density at radius 2 is 1.76 bits per heavy atom. The van der Waals surface area contributed by atoms with E-state index in [1.165, 1.54) is 0 Å². The van der Waals surface area contributed by atoms with Crippen molar-refractivity contribution in [2.75, 3.05) is 39.3 Å². The smallest absolute Gasteiger partial charge is 0.233 e. The van der Waals surface area contributed by atoms with Gasteiger partial charge in [0.2, 0.25) is 5.91 Å². The molecule has 102 valence electrons. The van der Waals surface area contributed by atoms with Crippen LogP contribution in [-0.4, -0.2) is 50.1 Å². The first-order valence-electron chi connectivity index (χ1n) is 6.94. The maximum absolute atomic E-state index is 11.3. The van der Waals surface area contributed by atoms with Crippen molar-refractivity contribution in [2.24, 2.45) is 0 Å². The van der Waals surface area contributed by atoms with Crippen LogP contribution in [0.25, 0.3) is 0 Å². The summed E-state index contributed by atoms with van der Waals surface area (Å²) in [6, 6.07) is 0. The number of nitrogens with zero attached hydrogens (tertiary/aromatic N) is 1. The average molecular weight is 243 g/mol. The number of rotatable bonds is 11. The molecule has 0 heterocycles. The van der Waals surface area contributed by atoms with Crippen molar-refractivity contribution in [3.8, 4) is 0 Å². The normalized spacial score (nSPS) is 10.8. The molecule has 0 unspecified atom stereocenters. The fraction of sp³-hybridized carbons (Fsp3) is 0.923. The molecular formula is C13H29N3O. The van der Waals surface area contributed by atoms with Gasteiger partial charge in [-0.2, -0.15) is 0 Å². The molecule has 0 saturated heterocycles. The quantitative estimate of drug-likeness (QED) is 0.536. The van der Waals surface area contributed by atoms with Crippen LogP contribution in [0.2, 0.25) is 0 Å². The van der Waals surface area contributed by atoms with Crippen LogP contribution in [0.1, 0.15) is 40.0 Å². The largest absolute Gasteiger partial charge is 0.355 e. The minimum Gasteiger partial charge on any atom is -0.355 e. The van der Waals surface area contributed by atoms with Gasteiger partial charge in [-0.15, -0.1) is 0 Å². The average Bonchev–Trinajstić information content (AvgIpc) is 2.34. The van der Waals surface area contributed by atoms with Crippen LogP contribution in [0.3, 0.4) is 0 Å². The summed E-state index contributed by atoms with van der Waals surface area (Å²) in [5.41, 5.74) is 0. The number of unbranched alkanes of at least 4 members (excludes halogenated alkanes) is 1. The minimum atomic E-state index is 0.112. The fourth-order valence-corrected chi connectivity index (χ4v) is 1.64. The van der Waals surface area contributed by atoms with Crippen LogP contribution < -0.4 is 10.6 Å². The molecule has 0 atom stereocenters. The number of nitrogens with one attached hydrogen (secondary N) is 2. The minimum absolute atomic E-state index is 0.112. The van der Waals surface area contributed by atoms with Gasteiger partial charge in [0.05, 0.1) is 6.54 Å². The van der Waals surface area contributed by atoms with E-state index in [1.807, 2.05) is 0 Å². The highest BCUT2D eigenvalue weighted by Crippen LogP contribution is 1.89. The molecule has 0 aliphatic heterocycles. The van der Waals surface area contributed by atoms with Crippen molar-refractivity contribution in [1.29, 1.82) is 0 Å². The highest BCUT2D eigenvalue weighted by Gasteiger charge is 2.00. The summed E-state index contributed by atoms with van der Waals surface area (Å²) < 4.78 is 0. The molecule has 0 radical (unpaired) electrons. The summed E-state index contributed by atoms with van der Waals surface area (Å²) in [7, 11) is 0. The molecule has 0 fully saturated rings. The van der Waals surface area contributed by atoms with E-state index in [1.54, 1.807) is 0 Å². The van der Waals surface area contributed by atoms with Gasteiger partial charge in [-0.3, -0.25) is 4.79 Å². The summed E-state index contributed by atoms with van der Waals surface area (Å²) in [5, 5.41) is 6.07. The predicted octanol–water partition coefficient (Wildman–Crippen LogP) is 1.22. The van der Waals surface area contributed by atoms with Crippen molar-refractivity contribution in [3.63, 3.8) is 0 Å². The van der Waals surface area contributed by atoms with Gasteiger partial charge in [0.1, 0.15) is 0 Å². The molecular weight excluding hydrogens is 214 g/mol. The molecule has 17 heavy (non-hydrogen) atoms. The van der Waals surface area contributed by atoms with Gasteiger partial charge in [-0.05, 0) is 39.0 Å².